The van der Waals surface area contributed by atoms with Gasteiger partial charge in [0.1, 0.15) is 17.8 Å². The number of hydrogen-bond acceptors (Lipinski definition) is 6. The third kappa shape index (κ3) is 5.78. The smallest absolute Gasteiger partial charge is 0.378 e. The highest BCUT2D eigenvalue weighted by molar-refractivity contribution is 6.16. The van der Waals surface area contributed by atoms with Crippen molar-refractivity contribution in [3.05, 3.63) is 47.6 Å². The van der Waals surface area contributed by atoms with Crippen molar-refractivity contribution in [2.45, 2.75) is 63.1 Å². The number of benzene rings is 1. The van der Waals surface area contributed by atoms with Crippen LogP contribution in [0, 0.1) is 5.92 Å². The quantitative estimate of drug-likeness (QED) is 0.356. The first-order valence-corrected chi connectivity index (χ1v) is 14.5. The summed E-state index contributed by atoms with van der Waals surface area (Å²) in [5.41, 5.74) is -1.64. The van der Waals surface area contributed by atoms with Crippen LogP contribution < -0.4 is 15.5 Å². The lowest BCUT2D eigenvalue weighted by atomic mass is 9.85. The Kier molecular flexibility index (Phi) is 8.49. The number of nitrogens with zero attached hydrogens (tertiary/aromatic N) is 3. The highest BCUT2D eigenvalue weighted by Crippen LogP contribution is 2.41. The van der Waals surface area contributed by atoms with Crippen LogP contribution in [0.5, 0.6) is 0 Å². The summed E-state index contributed by atoms with van der Waals surface area (Å²) in [5.74, 6) is -2.45. The van der Waals surface area contributed by atoms with E-state index in [9.17, 15) is 36.7 Å². The van der Waals surface area contributed by atoms with E-state index < -0.39 is 65.3 Å². The maximum Gasteiger partial charge on any atom is 0.416 e. The van der Waals surface area contributed by atoms with Gasteiger partial charge in [0, 0.05) is 37.9 Å². The number of urea groups is 1. The number of nitrogens with one attached hydrogen (secondary N) is 2. The number of alkyl halides is 4. The molecule has 1 aliphatic carbocycles. The Hall–Kier alpha value is -3.94. The Bertz CT molecular complexity index is 1380. The van der Waals surface area contributed by atoms with E-state index in [-0.39, 0.29) is 37.9 Å². The number of carbonyl (C=O) groups excluding carboxylic acids is 4. The fourth-order valence-corrected chi connectivity index (χ4v) is 6.00. The van der Waals surface area contributed by atoms with Crippen LogP contribution in [0.25, 0.3) is 0 Å². The van der Waals surface area contributed by atoms with Gasteiger partial charge in [0.2, 0.25) is 5.91 Å². The van der Waals surface area contributed by atoms with Crippen LogP contribution in [-0.4, -0.2) is 96.9 Å². The van der Waals surface area contributed by atoms with Crippen molar-refractivity contribution in [2.75, 3.05) is 43.6 Å². The predicted octanol–water partition coefficient (Wildman–Crippen LogP) is 3.55. The van der Waals surface area contributed by atoms with Crippen molar-refractivity contribution in [1.29, 1.82) is 0 Å². The molecular formula is C30H35F4N5O5. The summed E-state index contributed by atoms with van der Waals surface area (Å²) in [6.07, 6.45) is -5.85. The summed E-state index contributed by atoms with van der Waals surface area (Å²) in [6, 6.07) is 5.74. The Morgan fingerprint density at radius 1 is 1.07 bits per heavy atom. The second-order valence-corrected chi connectivity index (χ2v) is 11.9. The van der Waals surface area contributed by atoms with Gasteiger partial charge >= 0.3 is 12.2 Å². The van der Waals surface area contributed by atoms with E-state index in [1.807, 2.05) is 12.1 Å². The molecule has 238 valence electrons. The predicted molar refractivity (Wildman–Crippen MR) is 152 cm³/mol. The average molecular weight is 622 g/mol. The molecule has 10 nitrogen and oxygen atoms in total. The molecule has 2 N–H and O–H groups in total. The molecule has 44 heavy (non-hydrogen) atoms. The SMILES string of the molecule is CC(C)C(NC(=O)C1=CC(C(F)(F)F)=CCC1F)C(=O)N1CCC2(CC1)C(=O)N(C)C(=O)N2c1ccc(NC2COC2)cc1. The van der Waals surface area contributed by atoms with Crippen molar-refractivity contribution in [2.24, 2.45) is 5.92 Å². The number of allylic oxidation sites excluding steroid dienone is 3. The molecule has 1 spiro atoms. The number of piperidine rings is 1. The van der Waals surface area contributed by atoms with Crippen LogP contribution >= 0.6 is 0 Å². The Morgan fingerprint density at radius 2 is 1.70 bits per heavy atom. The number of likely N-dealkylation sites (tertiary alicyclic amines) is 1. The largest absolute Gasteiger partial charge is 0.416 e. The molecule has 1 aromatic carbocycles. The molecule has 2 atom stereocenters. The Labute approximate surface area is 252 Å². The van der Waals surface area contributed by atoms with Crippen LogP contribution in [0.2, 0.25) is 0 Å². The summed E-state index contributed by atoms with van der Waals surface area (Å²) < 4.78 is 59.3. The lowest BCUT2D eigenvalue weighted by Gasteiger charge is -2.43. The Balaban J connectivity index is 1.29. The van der Waals surface area contributed by atoms with E-state index in [0.717, 1.165) is 10.6 Å². The van der Waals surface area contributed by atoms with Gasteiger partial charge < -0.3 is 20.3 Å². The number of likely N-dealkylation sites (N-methyl/N-ethyl adjacent to an activating group) is 1. The first-order chi connectivity index (χ1) is 20.7. The van der Waals surface area contributed by atoms with Gasteiger partial charge in [0.25, 0.3) is 11.8 Å². The van der Waals surface area contributed by atoms with Gasteiger partial charge in [0.05, 0.1) is 30.4 Å². The van der Waals surface area contributed by atoms with E-state index >= 15 is 0 Å². The second kappa shape index (κ2) is 11.9. The number of rotatable bonds is 7. The molecule has 5 rings (SSSR count). The molecule has 0 bridgehead atoms. The first kappa shape index (κ1) is 31.5. The Morgan fingerprint density at radius 3 is 2.25 bits per heavy atom. The monoisotopic (exact) mass is 621 g/mol. The molecule has 0 saturated carbocycles. The zero-order valence-electron chi connectivity index (χ0n) is 24.6. The summed E-state index contributed by atoms with van der Waals surface area (Å²) in [4.78, 5) is 57.2. The van der Waals surface area contributed by atoms with Crippen molar-refractivity contribution in [1.82, 2.24) is 15.1 Å². The summed E-state index contributed by atoms with van der Waals surface area (Å²) in [5, 5.41) is 5.77. The molecule has 3 heterocycles. The van der Waals surface area contributed by atoms with Crippen LogP contribution in [0.15, 0.2) is 47.6 Å². The second-order valence-electron chi connectivity index (χ2n) is 11.9. The molecule has 1 aromatic rings. The number of carbonyl (C=O) groups is 4. The molecule has 4 aliphatic rings. The molecule has 0 aromatic heterocycles. The zero-order chi connectivity index (χ0) is 32.0. The van der Waals surface area contributed by atoms with Crippen molar-refractivity contribution in [3.63, 3.8) is 0 Å². The van der Waals surface area contributed by atoms with Gasteiger partial charge in [-0.1, -0.05) is 19.9 Å². The fourth-order valence-electron chi connectivity index (χ4n) is 6.00. The van der Waals surface area contributed by atoms with E-state index in [4.69, 9.17) is 4.74 Å². The van der Waals surface area contributed by atoms with E-state index in [2.05, 4.69) is 10.6 Å². The minimum absolute atomic E-state index is 0.0813. The molecule has 3 aliphatic heterocycles. The number of ether oxygens (including phenoxy) is 1. The molecular weight excluding hydrogens is 586 g/mol. The number of imide groups is 1. The fraction of sp³-hybridized carbons (Fsp3) is 0.533. The number of hydrogen-bond donors (Lipinski definition) is 2. The summed E-state index contributed by atoms with van der Waals surface area (Å²) in [7, 11) is 1.41. The van der Waals surface area contributed by atoms with Crippen LogP contribution in [0.3, 0.4) is 0 Å². The maximum absolute atomic E-state index is 14.5. The lowest BCUT2D eigenvalue weighted by molar-refractivity contribution is -0.141. The molecule has 2 unspecified atom stereocenters. The highest BCUT2D eigenvalue weighted by atomic mass is 19.4. The van der Waals surface area contributed by atoms with Gasteiger partial charge in [-0.3, -0.25) is 24.2 Å². The van der Waals surface area contributed by atoms with Crippen LogP contribution in [-0.2, 0) is 19.1 Å². The number of amides is 5. The first-order valence-electron chi connectivity index (χ1n) is 14.5. The third-order valence-corrected chi connectivity index (χ3v) is 8.65. The van der Waals surface area contributed by atoms with Crippen molar-refractivity contribution in [3.8, 4) is 0 Å². The van der Waals surface area contributed by atoms with Crippen LogP contribution in [0.4, 0.5) is 33.7 Å². The average Bonchev–Trinajstić information content (AvgIpc) is 3.13. The number of anilines is 2. The minimum Gasteiger partial charge on any atom is -0.378 e. The summed E-state index contributed by atoms with van der Waals surface area (Å²) in [6.45, 7) is 4.69. The van der Waals surface area contributed by atoms with Gasteiger partial charge in [-0.15, -0.1) is 0 Å². The number of halogens is 4. The normalized spacial score (nSPS) is 23.0. The zero-order valence-corrected chi connectivity index (χ0v) is 24.6. The van der Waals surface area contributed by atoms with Gasteiger partial charge in [-0.2, -0.15) is 13.2 Å². The maximum atomic E-state index is 14.5. The van der Waals surface area contributed by atoms with Crippen LogP contribution in [0.1, 0.15) is 33.1 Å². The van der Waals surface area contributed by atoms with Gasteiger partial charge in [-0.05, 0) is 49.1 Å². The van der Waals surface area contributed by atoms with Gasteiger partial charge in [-0.25, -0.2) is 9.18 Å². The van der Waals surface area contributed by atoms with Crippen molar-refractivity contribution < 1.29 is 41.5 Å². The lowest BCUT2D eigenvalue weighted by Crippen LogP contribution is -2.60. The van der Waals surface area contributed by atoms with Crippen molar-refractivity contribution >= 4 is 35.1 Å². The van der Waals surface area contributed by atoms with E-state index in [1.165, 1.54) is 16.8 Å². The third-order valence-electron chi connectivity index (χ3n) is 8.65. The standard InChI is InChI=1S/C30H35F4N5O5/c1-17(2)24(36-25(40)22-14-18(30(32,33)34)4-9-23(22)31)26(41)38-12-10-29(11-13-38)27(42)37(3)28(43)39(29)21-7-5-19(6-8-21)35-20-15-44-16-20/h4-8,14,17,20,23-24,35H,9-13,15-16H2,1-3H3,(H,36,40). The molecule has 0 radical (unpaired) electrons. The topological polar surface area (TPSA) is 111 Å². The highest BCUT2D eigenvalue weighted by Gasteiger charge is 2.58. The molecule has 3 fully saturated rings. The summed E-state index contributed by atoms with van der Waals surface area (Å²) >= 11 is 0. The molecule has 5 amide bonds. The van der Waals surface area contributed by atoms with Gasteiger partial charge in [0.15, 0.2) is 0 Å². The minimum atomic E-state index is -4.74. The van der Waals surface area contributed by atoms with E-state index in [1.54, 1.807) is 26.0 Å². The molecule has 3 saturated heterocycles. The molecule has 14 heteroatoms. The van der Waals surface area contributed by atoms with E-state index in [0.29, 0.717) is 31.1 Å².